The number of nitrogens with zero attached hydrogens (tertiary/aromatic N) is 4. The van der Waals surface area contributed by atoms with Crippen LogP contribution < -0.4 is 15.1 Å². The zero-order valence-electron chi connectivity index (χ0n) is 21.4. The minimum atomic E-state index is -4.57. The van der Waals surface area contributed by atoms with Crippen LogP contribution in [0.3, 0.4) is 0 Å². The number of nitrogens with one attached hydrogen (secondary N) is 1. The predicted molar refractivity (Wildman–Crippen MR) is 148 cm³/mol. The summed E-state index contributed by atoms with van der Waals surface area (Å²) in [5.41, 5.74) is 4.02. The van der Waals surface area contributed by atoms with Gasteiger partial charge in [0, 0.05) is 56.1 Å². The summed E-state index contributed by atoms with van der Waals surface area (Å²) in [5, 5.41) is 4.43. The lowest BCUT2D eigenvalue weighted by Crippen LogP contribution is -2.48. The summed E-state index contributed by atoms with van der Waals surface area (Å²) in [6, 6.07) is 17.6. The van der Waals surface area contributed by atoms with E-state index in [9.17, 15) is 18.0 Å². The van der Waals surface area contributed by atoms with E-state index < -0.39 is 18.2 Å². The fourth-order valence-corrected chi connectivity index (χ4v) is 5.56. The third-order valence-electron chi connectivity index (χ3n) is 7.68. The number of urea groups is 1. The van der Waals surface area contributed by atoms with Gasteiger partial charge in [-0.25, -0.2) is 4.79 Å². The number of amides is 2. The van der Waals surface area contributed by atoms with Crippen LogP contribution in [0.2, 0.25) is 0 Å². The van der Waals surface area contributed by atoms with Crippen molar-refractivity contribution >= 4 is 33.9 Å². The fourth-order valence-electron chi connectivity index (χ4n) is 5.56. The Bertz CT molecular complexity index is 1520. The van der Waals surface area contributed by atoms with E-state index in [2.05, 4.69) is 20.1 Å². The third-order valence-corrected chi connectivity index (χ3v) is 7.68. The van der Waals surface area contributed by atoms with Crippen LogP contribution in [0.25, 0.3) is 21.9 Å². The molecule has 0 aliphatic carbocycles. The van der Waals surface area contributed by atoms with Crippen LogP contribution in [0.15, 0.2) is 79.1 Å². The molecule has 6 rings (SSSR count). The average molecular weight is 532 g/mol. The van der Waals surface area contributed by atoms with Crippen LogP contribution >= 0.6 is 0 Å². The number of likely N-dealkylation sites (N-methyl/N-ethyl adjacent to an activating group) is 1. The third kappa shape index (κ3) is 4.78. The van der Waals surface area contributed by atoms with E-state index in [0.717, 1.165) is 58.7 Å². The monoisotopic (exact) mass is 531 g/mol. The Morgan fingerprint density at radius 1 is 0.923 bits per heavy atom. The average Bonchev–Trinajstić information content (AvgIpc) is 3.34. The Hall–Kier alpha value is -4.11. The molecular formula is C30H28F3N5O. The molecule has 4 aromatic rings. The van der Waals surface area contributed by atoms with Crippen LogP contribution in [0.4, 0.5) is 35.0 Å². The van der Waals surface area contributed by atoms with Crippen molar-refractivity contribution in [3.05, 3.63) is 84.7 Å². The van der Waals surface area contributed by atoms with Gasteiger partial charge in [0.15, 0.2) is 0 Å². The van der Waals surface area contributed by atoms with Gasteiger partial charge in [-0.2, -0.15) is 13.2 Å². The van der Waals surface area contributed by atoms with Crippen molar-refractivity contribution in [2.24, 2.45) is 0 Å². The zero-order chi connectivity index (χ0) is 27.1. The van der Waals surface area contributed by atoms with Crippen LogP contribution in [0.5, 0.6) is 0 Å². The quantitative estimate of drug-likeness (QED) is 0.343. The van der Waals surface area contributed by atoms with E-state index in [4.69, 9.17) is 0 Å². The first-order valence-electron chi connectivity index (χ1n) is 12.9. The number of hydrogen-bond donors (Lipinski definition) is 1. The van der Waals surface area contributed by atoms with Gasteiger partial charge < -0.3 is 15.1 Å². The lowest BCUT2D eigenvalue weighted by molar-refractivity contribution is -0.145. The molecule has 0 spiro atoms. The van der Waals surface area contributed by atoms with Crippen LogP contribution in [0, 0.1) is 0 Å². The topological polar surface area (TPSA) is 51.7 Å². The molecule has 6 nitrogen and oxygen atoms in total. The Morgan fingerprint density at radius 3 is 2.36 bits per heavy atom. The first-order chi connectivity index (χ1) is 18.8. The summed E-state index contributed by atoms with van der Waals surface area (Å²) >= 11 is 0. The number of carbonyl (C=O) groups excluding carboxylic acids is 1. The van der Waals surface area contributed by atoms with Crippen molar-refractivity contribution in [3.8, 4) is 11.1 Å². The highest BCUT2D eigenvalue weighted by Crippen LogP contribution is 2.42. The number of piperazine rings is 1. The number of carbonyl (C=O) groups is 1. The maximum absolute atomic E-state index is 14.2. The predicted octanol–water partition coefficient (Wildman–Crippen LogP) is 6.18. The van der Waals surface area contributed by atoms with Crippen LogP contribution in [-0.2, 0) is 6.42 Å². The van der Waals surface area contributed by atoms with E-state index in [1.165, 1.54) is 0 Å². The van der Waals surface area contributed by atoms with Gasteiger partial charge in [-0.3, -0.25) is 9.88 Å². The number of hydrogen-bond acceptors (Lipinski definition) is 4. The van der Waals surface area contributed by atoms with Gasteiger partial charge in [0.05, 0.1) is 11.4 Å². The Kier molecular flexibility index (Phi) is 6.38. The number of fused-ring (bicyclic) bond motifs is 2. The normalized spacial score (nSPS) is 17.9. The molecule has 1 aromatic heterocycles. The number of halogens is 3. The summed E-state index contributed by atoms with van der Waals surface area (Å²) in [6.07, 6.45) is -1.43. The Labute approximate surface area is 224 Å². The summed E-state index contributed by atoms with van der Waals surface area (Å²) in [6.45, 7) is 3.30. The highest BCUT2D eigenvalue weighted by Gasteiger charge is 2.50. The first kappa shape index (κ1) is 25.2. The number of pyridine rings is 1. The number of alkyl halides is 3. The van der Waals surface area contributed by atoms with Gasteiger partial charge in [-0.15, -0.1) is 0 Å². The SMILES string of the molecule is CN1CCN(c2ccc3c(c2)N(C(=O)Nc2ccc(-c4ccncc4)c4ccccc24)C(C(F)(F)F)C3)CC1. The van der Waals surface area contributed by atoms with E-state index in [-0.39, 0.29) is 6.42 Å². The molecule has 2 amide bonds. The molecule has 9 heteroatoms. The van der Waals surface area contributed by atoms with Crippen molar-refractivity contribution in [1.82, 2.24) is 9.88 Å². The minimum Gasteiger partial charge on any atom is -0.369 e. The number of rotatable bonds is 3. The summed E-state index contributed by atoms with van der Waals surface area (Å²) < 4.78 is 42.7. The Balaban J connectivity index is 1.35. The largest absolute Gasteiger partial charge is 0.409 e. The number of aromatic nitrogens is 1. The van der Waals surface area contributed by atoms with Crippen molar-refractivity contribution < 1.29 is 18.0 Å². The highest BCUT2D eigenvalue weighted by molar-refractivity contribution is 6.11. The van der Waals surface area contributed by atoms with E-state index in [0.29, 0.717) is 16.9 Å². The first-order valence-corrected chi connectivity index (χ1v) is 12.9. The fraction of sp³-hybridized carbons (Fsp3) is 0.267. The molecular weight excluding hydrogens is 503 g/mol. The maximum atomic E-state index is 14.2. The minimum absolute atomic E-state index is 0.267. The molecule has 2 aliphatic rings. The molecule has 1 fully saturated rings. The number of anilines is 3. The van der Waals surface area contributed by atoms with Gasteiger partial charge in [0.25, 0.3) is 0 Å². The molecule has 3 heterocycles. The van der Waals surface area contributed by atoms with Crippen molar-refractivity contribution in [2.45, 2.75) is 18.6 Å². The molecule has 1 N–H and O–H groups in total. The molecule has 1 unspecified atom stereocenters. The van der Waals surface area contributed by atoms with Crippen LogP contribution in [0.1, 0.15) is 5.56 Å². The second-order valence-corrected chi connectivity index (χ2v) is 10.1. The van der Waals surface area contributed by atoms with Crippen LogP contribution in [-0.4, -0.2) is 61.4 Å². The molecule has 3 aromatic carbocycles. The molecule has 0 saturated carbocycles. The lowest BCUT2D eigenvalue weighted by Gasteiger charge is -2.34. The summed E-state index contributed by atoms with van der Waals surface area (Å²) in [7, 11) is 2.05. The van der Waals surface area contributed by atoms with Gasteiger partial charge in [-0.05, 0) is 59.5 Å². The molecule has 1 atom stereocenters. The molecule has 2 aliphatic heterocycles. The van der Waals surface area contributed by atoms with Crippen molar-refractivity contribution in [1.29, 1.82) is 0 Å². The van der Waals surface area contributed by atoms with Crippen molar-refractivity contribution in [2.75, 3.05) is 48.3 Å². The second-order valence-electron chi connectivity index (χ2n) is 10.1. The molecule has 200 valence electrons. The van der Waals surface area contributed by atoms with E-state index >= 15 is 0 Å². The number of benzene rings is 3. The van der Waals surface area contributed by atoms with Gasteiger partial charge in [0.2, 0.25) is 0 Å². The Morgan fingerprint density at radius 2 is 1.64 bits per heavy atom. The summed E-state index contributed by atoms with van der Waals surface area (Å²) in [5.74, 6) is 0. The zero-order valence-corrected chi connectivity index (χ0v) is 21.4. The lowest BCUT2D eigenvalue weighted by atomic mass is 9.98. The molecule has 0 bridgehead atoms. The van der Waals surface area contributed by atoms with Gasteiger partial charge in [0.1, 0.15) is 6.04 Å². The van der Waals surface area contributed by atoms with Gasteiger partial charge in [-0.1, -0.05) is 36.4 Å². The standard InChI is InChI=1S/C30H28F3N5O/c1-36-14-16-37(17-15-36)22-7-6-21-18-28(30(31,32)33)38(27(21)19-22)29(39)35-26-9-8-23(20-10-12-34-13-11-20)24-4-2-3-5-25(24)26/h2-13,19,28H,14-18H2,1H3,(H,35,39). The summed E-state index contributed by atoms with van der Waals surface area (Å²) in [4.78, 5) is 23.0. The molecule has 1 saturated heterocycles. The second kappa shape index (κ2) is 9.89. The van der Waals surface area contributed by atoms with Crippen molar-refractivity contribution in [3.63, 3.8) is 0 Å². The highest BCUT2D eigenvalue weighted by atomic mass is 19.4. The molecule has 39 heavy (non-hydrogen) atoms. The smallest absolute Gasteiger partial charge is 0.369 e. The molecule has 0 radical (unpaired) electrons. The van der Waals surface area contributed by atoms with E-state index in [1.54, 1.807) is 30.6 Å². The van der Waals surface area contributed by atoms with Gasteiger partial charge >= 0.3 is 12.2 Å². The maximum Gasteiger partial charge on any atom is 0.409 e. The van der Waals surface area contributed by atoms with E-state index in [1.807, 2.05) is 55.6 Å².